The zero-order chi connectivity index (χ0) is 17.5. The smallest absolute Gasteiger partial charge is 0.182 e. The van der Waals surface area contributed by atoms with Crippen molar-refractivity contribution in [3.8, 4) is 0 Å². The molecule has 0 unspecified atom stereocenters. The van der Waals surface area contributed by atoms with Gasteiger partial charge < -0.3 is 9.47 Å². The predicted octanol–water partition coefficient (Wildman–Crippen LogP) is 4.99. The lowest BCUT2D eigenvalue weighted by Crippen LogP contribution is -2.53. The van der Waals surface area contributed by atoms with Gasteiger partial charge in [-0.2, -0.15) is 0 Å². The Labute approximate surface area is 149 Å². The van der Waals surface area contributed by atoms with Gasteiger partial charge in [0.2, 0.25) is 0 Å². The van der Waals surface area contributed by atoms with Crippen LogP contribution in [0.25, 0.3) is 0 Å². The first-order chi connectivity index (χ1) is 12.0. The van der Waals surface area contributed by atoms with Crippen LogP contribution < -0.4 is 0 Å². The Kier molecular flexibility index (Phi) is 4.01. The minimum Gasteiger partial charge on any atom is -0.338 e. The van der Waals surface area contributed by atoms with Crippen LogP contribution >= 0.6 is 0 Å². The van der Waals surface area contributed by atoms with Gasteiger partial charge in [0.15, 0.2) is 5.79 Å². The van der Waals surface area contributed by atoms with Crippen molar-refractivity contribution in [2.24, 2.45) is 5.41 Å². The molecule has 130 valence electrons. The van der Waals surface area contributed by atoms with Gasteiger partial charge in [-0.05, 0) is 31.4 Å². The number of rotatable bonds is 2. The number of hydrogen-bond acceptors (Lipinski definition) is 3. The van der Waals surface area contributed by atoms with Crippen LogP contribution in [0.1, 0.15) is 56.4 Å². The molecule has 1 aliphatic heterocycles. The van der Waals surface area contributed by atoms with Crippen molar-refractivity contribution in [1.29, 1.82) is 0 Å². The van der Waals surface area contributed by atoms with E-state index in [1.165, 1.54) is 0 Å². The number of carbonyl (C=O) groups excluding carboxylic acids is 1. The maximum Gasteiger partial charge on any atom is 0.182 e. The van der Waals surface area contributed by atoms with Crippen LogP contribution in [0, 0.1) is 5.41 Å². The van der Waals surface area contributed by atoms with Crippen molar-refractivity contribution in [2.45, 2.75) is 51.1 Å². The molecule has 2 atom stereocenters. The molecule has 1 saturated carbocycles. The second-order valence-electron chi connectivity index (χ2n) is 7.55. The van der Waals surface area contributed by atoms with Crippen LogP contribution in [0.5, 0.6) is 0 Å². The second kappa shape index (κ2) is 6.08. The fraction of sp³-hybridized carbons (Fsp3) is 0.409. The van der Waals surface area contributed by atoms with Crippen LogP contribution in [0.3, 0.4) is 0 Å². The van der Waals surface area contributed by atoms with E-state index in [9.17, 15) is 4.79 Å². The Balaban J connectivity index is 1.78. The average molecular weight is 336 g/mol. The molecule has 2 aromatic carbocycles. The summed E-state index contributed by atoms with van der Waals surface area (Å²) in [4.78, 5) is 12.6. The van der Waals surface area contributed by atoms with Gasteiger partial charge in [0, 0.05) is 12.8 Å². The molecule has 0 radical (unpaired) electrons. The van der Waals surface area contributed by atoms with Crippen LogP contribution in [0.4, 0.5) is 0 Å². The molecule has 1 spiro atoms. The molecule has 1 aliphatic carbocycles. The summed E-state index contributed by atoms with van der Waals surface area (Å²) in [6, 6.07) is 20.3. The number of hydrogen-bond donors (Lipinski definition) is 0. The Morgan fingerprint density at radius 2 is 1.32 bits per heavy atom. The monoisotopic (exact) mass is 336 g/mol. The highest BCUT2D eigenvalue weighted by molar-refractivity contribution is 5.86. The molecule has 2 aliphatic rings. The summed E-state index contributed by atoms with van der Waals surface area (Å²) in [7, 11) is 0. The summed E-state index contributed by atoms with van der Waals surface area (Å²) >= 11 is 0. The largest absolute Gasteiger partial charge is 0.338 e. The van der Waals surface area contributed by atoms with Crippen LogP contribution in [0.2, 0.25) is 0 Å². The molecular weight excluding hydrogens is 312 g/mol. The van der Waals surface area contributed by atoms with E-state index in [0.29, 0.717) is 6.42 Å². The van der Waals surface area contributed by atoms with Crippen molar-refractivity contribution in [2.75, 3.05) is 0 Å². The van der Waals surface area contributed by atoms with Crippen molar-refractivity contribution >= 4 is 5.78 Å². The molecule has 4 rings (SSSR count). The van der Waals surface area contributed by atoms with E-state index in [0.717, 1.165) is 24.0 Å². The average Bonchev–Trinajstić information content (AvgIpc) is 3.03. The summed E-state index contributed by atoms with van der Waals surface area (Å²) in [5.74, 6) is -0.636. The normalized spacial score (nSPS) is 27.5. The highest BCUT2D eigenvalue weighted by Crippen LogP contribution is 2.57. The van der Waals surface area contributed by atoms with Gasteiger partial charge >= 0.3 is 0 Å². The van der Waals surface area contributed by atoms with Crippen molar-refractivity contribution in [3.63, 3.8) is 0 Å². The van der Waals surface area contributed by atoms with Crippen molar-refractivity contribution in [3.05, 3.63) is 71.8 Å². The lowest BCUT2D eigenvalue weighted by atomic mass is 9.71. The summed E-state index contributed by atoms with van der Waals surface area (Å²) in [6.45, 7) is 3.92. The highest BCUT2D eigenvalue weighted by Gasteiger charge is 2.61. The molecule has 2 fully saturated rings. The van der Waals surface area contributed by atoms with E-state index in [4.69, 9.17) is 9.47 Å². The van der Waals surface area contributed by atoms with Crippen LogP contribution in [-0.4, -0.2) is 11.6 Å². The summed E-state index contributed by atoms with van der Waals surface area (Å²) < 4.78 is 13.2. The van der Waals surface area contributed by atoms with E-state index in [1.807, 2.05) is 50.2 Å². The lowest BCUT2D eigenvalue weighted by molar-refractivity contribution is -0.249. The fourth-order valence-corrected chi connectivity index (χ4v) is 4.06. The Bertz CT molecular complexity index is 704. The third kappa shape index (κ3) is 2.62. The van der Waals surface area contributed by atoms with Gasteiger partial charge in [-0.15, -0.1) is 0 Å². The molecule has 0 N–H and O–H groups in total. The highest BCUT2D eigenvalue weighted by atomic mass is 16.8. The van der Waals surface area contributed by atoms with Crippen molar-refractivity contribution < 1.29 is 14.3 Å². The maximum absolute atomic E-state index is 12.6. The zero-order valence-corrected chi connectivity index (χ0v) is 14.8. The molecule has 1 heterocycles. The molecule has 0 amide bonds. The van der Waals surface area contributed by atoms with E-state index >= 15 is 0 Å². The molecule has 0 aromatic heterocycles. The SMILES string of the molecule is CC1(C)C(=O)CCCC12O[C@H](c1ccccc1)[C@@H](c1ccccc1)O2. The van der Waals surface area contributed by atoms with E-state index < -0.39 is 11.2 Å². The lowest BCUT2D eigenvalue weighted by Gasteiger charge is -2.44. The van der Waals surface area contributed by atoms with Gasteiger partial charge in [0.25, 0.3) is 0 Å². The van der Waals surface area contributed by atoms with E-state index in [2.05, 4.69) is 24.3 Å². The summed E-state index contributed by atoms with van der Waals surface area (Å²) in [5.41, 5.74) is 1.52. The summed E-state index contributed by atoms with van der Waals surface area (Å²) in [6.07, 6.45) is 1.74. The van der Waals surface area contributed by atoms with Gasteiger partial charge in [-0.3, -0.25) is 4.79 Å². The Hall–Kier alpha value is -1.97. The standard InChI is InChI=1S/C22H24O3/c1-21(2)18(23)14-9-15-22(21)24-19(16-10-5-3-6-11-16)20(25-22)17-12-7-4-8-13-17/h3-8,10-13,19-20H,9,14-15H2,1-2H3/t19-,20-/m1/s1. The van der Waals surface area contributed by atoms with Gasteiger partial charge in [0.1, 0.15) is 18.0 Å². The first-order valence-corrected chi connectivity index (χ1v) is 9.02. The second-order valence-corrected chi connectivity index (χ2v) is 7.55. The minimum atomic E-state index is -0.858. The Morgan fingerprint density at radius 1 is 0.840 bits per heavy atom. The molecule has 25 heavy (non-hydrogen) atoms. The fourth-order valence-electron chi connectivity index (χ4n) is 4.06. The van der Waals surface area contributed by atoms with E-state index in [-0.39, 0.29) is 18.0 Å². The van der Waals surface area contributed by atoms with Crippen LogP contribution in [0.15, 0.2) is 60.7 Å². The topological polar surface area (TPSA) is 35.5 Å². The molecule has 3 heteroatoms. The quantitative estimate of drug-likeness (QED) is 0.775. The van der Waals surface area contributed by atoms with Gasteiger partial charge in [0.05, 0.1) is 5.41 Å². The number of benzene rings is 2. The Morgan fingerprint density at radius 3 is 1.80 bits per heavy atom. The maximum atomic E-state index is 12.6. The molecule has 0 bridgehead atoms. The first-order valence-electron chi connectivity index (χ1n) is 9.02. The third-order valence-electron chi connectivity index (χ3n) is 5.72. The predicted molar refractivity (Wildman–Crippen MR) is 95.9 cm³/mol. The van der Waals surface area contributed by atoms with Crippen molar-refractivity contribution in [1.82, 2.24) is 0 Å². The number of carbonyl (C=O) groups is 1. The molecule has 1 saturated heterocycles. The molecular formula is C22H24O3. The van der Waals surface area contributed by atoms with Gasteiger partial charge in [-0.25, -0.2) is 0 Å². The number of ether oxygens (including phenoxy) is 2. The number of ketones is 1. The number of Topliss-reactive ketones (excluding diaryl/α,β-unsaturated/α-hetero) is 1. The third-order valence-corrected chi connectivity index (χ3v) is 5.72. The first kappa shape index (κ1) is 16.5. The summed E-state index contributed by atoms with van der Waals surface area (Å²) in [5, 5.41) is 0. The van der Waals surface area contributed by atoms with Crippen LogP contribution in [-0.2, 0) is 14.3 Å². The minimum absolute atomic E-state index is 0.214. The molecule has 3 nitrogen and oxygen atoms in total. The zero-order valence-electron chi connectivity index (χ0n) is 14.8. The van der Waals surface area contributed by atoms with E-state index in [1.54, 1.807) is 0 Å². The molecule has 2 aromatic rings. The van der Waals surface area contributed by atoms with Gasteiger partial charge in [-0.1, -0.05) is 60.7 Å².